The number of carbonyl (C=O) groups excluding carboxylic acids is 1. The summed E-state index contributed by atoms with van der Waals surface area (Å²) in [5, 5.41) is 16.0. The third-order valence-electron chi connectivity index (χ3n) is 2.94. The minimum absolute atomic E-state index is 0.0238. The van der Waals surface area contributed by atoms with Gasteiger partial charge in [0.2, 0.25) is 0 Å². The van der Waals surface area contributed by atoms with Crippen molar-refractivity contribution in [3.8, 4) is 0 Å². The number of aryl methyl sites for hydroxylation is 1. The number of nitro groups is 1. The highest BCUT2D eigenvalue weighted by Crippen LogP contribution is 2.27. The van der Waals surface area contributed by atoms with Crippen LogP contribution in [0.1, 0.15) is 11.1 Å². The van der Waals surface area contributed by atoms with Crippen molar-refractivity contribution in [1.82, 2.24) is 5.32 Å². The van der Waals surface area contributed by atoms with E-state index in [-0.39, 0.29) is 10.7 Å². The van der Waals surface area contributed by atoms with E-state index >= 15 is 0 Å². The Morgan fingerprint density at radius 1 is 1.27 bits per heavy atom. The van der Waals surface area contributed by atoms with Crippen molar-refractivity contribution in [2.45, 2.75) is 13.5 Å². The maximum absolute atomic E-state index is 11.8. The van der Waals surface area contributed by atoms with Crippen molar-refractivity contribution < 1.29 is 9.72 Å². The molecule has 0 fully saturated rings. The third-order valence-corrected chi connectivity index (χ3v) is 3.26. The predicted molar refractivity (Wildman–Crippen MR) is 85.1 cm³/mol. The lowest BCUT2D eigenvalue weighted by Crippen LogP contribution is -2.28. The summed E-state index contributed by atoms with van der Waals surface area (Å²) >= 11 is 5.71. The van der Waals surface area contributed by atoms with E-state index in [0.29, 0.717) is 12.2 Å². The maximum Gasteiger partial charge on any atom is 0.319 e. The Labute approximate surface area is 132 Å². The molecule has 114 valence electrons. The van der Waals surface area contributed by atoms with Gasteiger partial charge in [-0.05, 0) is 24.6 Å². The molecule has 0 bridgehead atoms. The lowest BCUT2D eigenvalue weighted by Gasteiger charge is -2.08. The molecule has 2 amide bonds. The van der Waals surface area contributed by atoms with Crippen molar-refractivity contribution in [3.05, 3.63) is 68.7 Å². The van der Waals surface area contributed by atoms with Crippen LogP contribution in [0.15, 0.2) is 42.5 Å². The van der Waals surface area contributed by atoms with Crippen LogP contribution < -0.4 is 10.6 Å². The fourth-order valence-electron chi connectivity index (χ4n) is 1.91. The molecule has 0 radical (unpaired) electrons. The van der Waals surface area contributed by atoms with Gasteiger partial charge in [-0.15, -0.1) is 0 Å². The molecule has 0 aliphatic heterocycles. The fraction of sp³-hybridized carbons (Fsp3) is 0.133. The van der Waals surface area contributed by atoms with Gasteiger partial charge in [0.25, 0.3) is 5.69 Å². The summed E-state index contributed by atoms with van der Waals surface area (Å²) in [7, 11) is 0. The van der Waals surface area contributed by atoms with Crippen LogP contribution in [0.3, 0.4) is 0 Å². The molecule has 6 nitrogen and oxygen atoms in total. The number of amides is 2. The molecule has 2 aromatic rings. The standard InChI is InChI=1S/C15H14ClN3O3/c1-10-3-2-4-11(7-10)9-17-15(20)18-12-5-6-13(16)14(8-12)19(21)22/h2-8H,9H2,1H3,(H2,17,18,20). The first-order valence-corrected chi connectivity index (χ1v) is 6.88. The first-order chi connectivity index (χ1) is 10.5. The summed E-state index contributed by atoms with van der Waals surface area (Å²) in [6.45, 7) is 2.33. The Kier molecular flexibility index (Phi) is 4.95. The van der Waals surface area contributed by atoms with Crippen LogP contribution in [0.2, 0.25) is 5.02 Å². The molecule has 7 heteroatoms. The first-order valence-electron chi connectivity index (χ1n) is 6.50. The third kappa shape index (κ3) is 4.20. The average molecular weight is 320 g/mol. The number of rotatable bonds is 4. The smallest absolute Gasteiger partial charge is 0.319 e. The van der Waals surface area contributed by atoms with Gasteiger partial charge in [-0.1, -0.05) is 41.4 Å². The predicted octanol–water partition coefficient (Wildman–Crippen LogP) is 3.88. The zero-order chi connectivity index (χ0) is 16.1. The van der Waals surface area contributed by atoms with E-state index in [1.54, 1.807) is 0 Å². The second kappa shape index (κ2) is 6.91. The summed E-state index contributed by atoms with van der Waals surface area (Å²) in [5.74, 6) is 0. The van der Waals surface area contributed by atoms with Gasteiger partial charge in [-0.2, -0.15) is 0 Å². The summed E-state index contributed by atoms with van der Waals surface area (Å²) in [4.78, 5) is 22.0. The molecule has 0 saturated carbocycles. The minimum Gasteiger partial charge on any atom is -0.334 e. The van der Waals surface area contributed by atoms with Crippen molar-refractivity contribution >= 4 is 29.0 Å². The monoisotopic (exact) mass is 319 g/mol. The highest BCUT2D eigenvalue weighted by Gasteiger charge is 2.13. The molecule has 0 heterocycles. The first kappa shape index (κ1) is 15.8. The number of anilines is 1. The Morgan fingerprint density at radius 3 is 2.73 bits per heavy atom. The SMILES string of the molecule is Cc1cccc(CNC(=O)Nc2ccc(Cl)c([N+](=O)[O-])c2)c1. The summed E-state index contributed by atoms with van der Waals surface area (Å²) in [6, 6.07) is 11.4. The Hall–Kier alpha value is -2.60. The Bertz CT molecular complexity index is 719. The molecule has 0 saturated heterocycles. The number of nitro benzene ring substituents is 1. The molecule has 0 atom stereocenters. The number of urea groups is 1. The van der Waals surface area contributed by atoms with Crippen LogP contribution in [-0.2, 0) is 6.54 Å². The van der Waals surface area contributed by atoms with Gasteiger partial charge in [0.05, 0.1) is 4.92 Å². The minimum atomic E-state index is -0.599. The summed E-state index contributed by atoms with van der Waals surface area (Å²) < 4.78 is 0. The highest BCUT2D eigenvalue weighted by atomic mass is 35.5. The maximum atomic E-state index is 11.8. The van der Waals surface area contributed by atoms with E-state index in [1.807, 2.05) is 31.2 Å². The van der Waals surface area contributed by atoms with Crippen LogP contribution in [0.5, 0.6) is 0 Å². The van der Waals surface area contributed by atoms with Crippen LogP contribution in [0, 0.1) is 17.0 Å². The van der Waals surface area contributed by atoms with E-state index in [2.05, 4.69) is 10.6 Å². The fourth-order valence-corrected chi connectivity index (χ4v) is 2.10. The number of carbonyl (C=O) groups is 1. The van der Waals surface area contributed by atoms with Gasteiger partial charge in [-0.3, -0.25) is 10.1 Å². The van der Waals surface area contributed by atoms with E-state index in [0.717, 1.165) is 11.1 Å². The lowest BCUT2D eigenvalue weighted by molar-refractivity contribution is -0.384. The molecular formula is C15H14ClN3O3. The van der Waals surface area contributed by atoms with Gasteiger partial charge in [0.1, 0.15) is 5.02 Å². The number of benzene rings is 2. The highest BCUT2D eigenvalue weighted by molar-refractivity contribution is 6.32. The molecule has 2 aromatic carbocycles. The molecule has 0 unspecified atom stereocenters. The Balaban J connectivity index is 1.97. The normalized spacial score (nSPS) is 10.1. The van der Waals surface area contributed by atoms with Crippen molar-refractivity contribution in [2.24, 2.45) is 0 Å². The van der Waals surface area contributed by atoms with Crippen molar-refractivity contribution in [1.29, 1.82) is 0 Å². The molecule has 0 aromatic heterocycles. The average Bonchev–Trinajstić information content (AvgIpc) is 2.47. The molecule has 22 heavy (non-hydrogen) atoms. The molecule has 2 N–H and O–H groups in total. The van der Waals surface area contributed by atoms with Gasteiger partial charge in [0.15, 0.2) is 0 Å². The number of hydrogen-bond donors (Lipinski definition) is 2. The molecule has 0 aliphatic carbocycles. The number of nitrogens with one attached hydrogen (secondary N) is 2. The van der Waals surface area contributed by atoms with Crippen LogP contribution in [0.4, 0.5) is 16.2 Å². The largest absolute Gasteiger partial charge is 0.334 e. The van der Waals surface area contributed by atoms with Crippen LogP contribution in [-0.4, -0.2) is 11.0 Å². The van der Waals surface area contributed by atoms with Crippen molar-refractivity contribution in [3.63, 3.8) is 0 Å². The second-order valence-electron chi connectivity index (χ2n) is 4.72. The van der Waals surface area contributed by atoms with Gasteiger partial charge in [0, 0.05) is 18.3 Å². The quantitative estimate of drug-likeness (QED) is 0.662. The van der Waals surface area contributed by atoms with E-state index in [4.69, 9.17) is 11.6 Å². The number of nitrogens with zero attached hydrogens (tertiary/aromatic N) is 1. The van der Waals surface area contributed by atoms with E-state index in [9.17, 15) is 14.9 Å². The van der Waals surface area contributed by atoms with Gasteiger partial charge >= 0.3 is 6.03 Å². The summed E-state index contributed by atoms with van der Waals surface area (Å²) in [6.07, 6.45) is 0. The van der Waals surface area contributed by atoms with E-state index < -0.39 is 11.0 Å². The zero-order valence-electron chi connectivity index (χ0n) is 11.8. The Morgan fingerprint density at radius 2 is 2.05 bits per heavy atom. The lowest BCUT2D eigenvalue weighted by atomic mass is 10.1. The summed E-state index contributed by atoms with van der Waals surface area (Å²) in [5.41, 5.74) is 2.13. The zero-order valence-corrected chi connectivity index (χ0v) is 12.6. The van der Waals surface area contributed by atoms with Gasteiger partial charge in [-0.25, -0.2) is 4.79 Å². The van der Waals surface area contributed by atoms with Crippen LogP contribution in [0.25, 0.3) is 0 Å². The molecular weight excluding hydrogens is 306 g/mol. The van der Waals surface area contributed by atoms with Crippen molar-refractivity contribution in [2.75, 3.05) is 5.32 Å². The van der Waals surface area contributed by atoms with E-state index in [1.165, 1.54) is 18.2 Å². The van der Waals surface area contributed by atoms with Crippen LogP contribution >= 0.6 is 11.6 Å². The van der Waals surface area contributed by atoms with Gasteiger partial charge < -0.3 is 10.6 Å². The number of halogens is 1. The number of hydrogen-bond acceptors (Lipinski definition) is 3. The molecule has 0 aliphatic rings. The second-order valence-corrected chi connectivity index (χ2v) is 5.13. The topological polar surface area (TPSA) is 84.3 Å². The molecule has 2 rings (SSSR count). The molecule has 0 spiro atoms.